The fourth-order valence-electron chi connectivity index (χ4n) is 2.64. The molecule has 0 bridgehead atoms. The molecule has 0 aliphatic heterocycles. The summed E-state index contributed by atoms with van der Waals surface area (Å²) in [6.45, 7) is -0.127. The number of aromatic nitrogens is 1. The third-order valence-corrected chi connectivity index (χ3v) is 3.92. The Hall–Kier alpha value is -3.80. The van der Waals surface area contributed by atoms with Crippen LogP contribution in [0.15, 0.2) is 77.2 Å². The number of hydrogen-bond acceptors (Lipinski definition) is 5. The van der Waals surface area contributed by atoms with Crippen LogP contribution in [0.3, 0.4) is 0 Å². The first-order valence-electron chi connectivity index (χ1n) is 8.36. The van der Waals surface area contributed by atoms with Crippen molar-refractivity contribution in [1.29, 1.82) is 0 Å². The lowest BCUT2D eigenvalue weighted by Gasteiger charge is -2.08. The average Bonchev–Trinajstić information content (AvgIpc) is 3.11. The summed E-state index contributed by atoms with van der Waals surface area (Å²) in [5.74, 6) is 0.567. The first-order chi connectivity index (χ1) is 13.2. The number of aromatic hydroxyl groups is 1. The minimum atomic E-state index is -0.326. The molecule has 1 aromatic heterocycles. The second-order valence-corrected chi connectivity index (χ2v) is 5.87. The van der Waals surface area contributed by atoms with E-state index in [1.807, 2.05) is 42.5 Å². The standard InChI is InChI=1S/C21H16N2O4/c24-18-12-14(22-20(25)13-26-15-6-2-1-3-7-15)10-11-16(18)21-23-17-8-4-5-9-19(17)27-21/h1-12,24H,13H2,(H,22,25). The van der Waals surface area contributed by atoms with E-state index in [0.717, 1.165) is 0 Å². The van der Waals surface area contributed by atoms with Gasteiger partial charge in [-0.15, -0.1) is 0 Å². The fraction of sp³-hybridized carbons (Fsp3) is 0.0476. The number of nitrogens with one attached hydrogen (secondary N) is 1. The summed E-state index contributed by atoms with van der Waals surface area (Å²) in [5, 5.41) is 13.0. The summed E-state index contributed by atoms with van der Waals surface area (Å²) in [7, 11) is 0. The number of oxazole rings is 1. The smallest absolute Gasteiger partial charge is 0.262 e. The molecule has 0 saturated carbocycles. The van der Waals surface area contributed by atoms with Crippen LogP contribution in [-0.2, 0) is 4.79 Å². The number of amides is 1. The zero-order valence-electron chi connectivity index (χ0n) is 14.3. The van der Waals surface area contributed by atoms with Crippen molar-refractivity contribution in [3.8, 4) is 23.0 Å². The molecule has 6 heteroatoms. The van der Waals surface area contributed by atoms with Gasteiger partial charge in [-0.1, -0.05) is 30.3 Å². The molecule has 0 aliphatic carbocycles. The van der Waals surface area contributed by atoms with Gasteiger partial charge in [0.2, 0.25) is 5.89 Å². The van der Waals surface area contributed by atoms with E-state index in [-0.39, 0.29) is 18.3 Å². The van der Waals surface area contributed by atoms with Crippen LogP contribution in [0.25, 0.3) is 22.6 Å². The maximum atomic E-state index is 12.0. The molecule has 4 rings (SSSR count). The fourth-order valence-corrected chi connectivity index (χ4v) is 2.64. The number of carbonyl (C=O) groups is 1. The van der Waals surface area contributed by atoms with Crippen LogP contribution in [0.4, 0.5) is 5.69 Å². The van der Waals surface area contributed by atoms with Crippen LogP contribution in [0.5, 0.6) is 11.5 Å². The molecule has 134 valence electrons. The molecule has 0 radical (unpaired) electrons. The zero-order chi connectivity index (χ0) is 18.6. The summed E-state index contributed by atoms with van der Waals surface area (Å²) in [6, 6.07) is 21.2. The predicted octanol–water partition coefficient (Wildman–Crippen LogP) is 4.22. The summed E-state index contributed by atoms with van der Waals surface area (Å²) in [4.78, 5) is 16.4. The number of benzene rings is 3. The Morgan fingerprint density at radius 3 is 2.59 bits per heavy atom. The number of anilines is 1. The SMILES string of the molecule is O=C(COc1ccccc1)Nc1ccc(-c2nc3ccccc3o2)c(O)c1. The molecule has 0 fully saturated rings. The molecular weight excluding hydrogens is 344 g/mol. The molecule has 27 heavy (non-hydrogen) atoms. The number of ether oxygens (including phenoxy) is 1. The van der Waals surface area contributed by atoms with Crippen LogP contribution in [0, 0.1) is 0 Å². The van der Waals surface area contributed by atoms with Crippen molar-refractivity contribution in [2.75, 3.05) is 11.9 Å². The number of para-hydroxylation sites is 3. The highest BCUT2D eigenvalue weighted by Gasteiger charge is 2.13. The summed E-state index contributed by atoms with van der Waals surface area (Å²) in [6.07, 6.45) is 0. The largest absolute Gasteiger partial charge is 0.507 e. The van der Waals surface area contributed by atoms with Gasteiger partial charge in [0.05, 0.1) is 5.56 Å². The maximum absolute atomic E-state index is 12.0. The molecule has 1 heterocycles. The molecule has 0 saturated heterocycles. The average molecular weight is 360 g/mol. The van der Waals surface area contributed by atoms with E-state index < -0.39 is 0 Å². The molecule has 1 amide bonds. The summed E-state index contributed by atoms with van der Waals surface area (Å²) < 4.78 is 11.1. The lowest BCUT2D eigenvalue weighted by Crippen LogP contribution is -2.20. The normalized spacial score (nSPS) is 10.7. The molecule has 3 aromatic carbocycles. The van der Waals surface area contributed by atoms with Gasteiger partial charge in [0.1, 0.15) is 17.0 Å². The Kier molecular flexibility index (Phi) is 4.45. The van der Waals surface area contributed by atoms with Crippen LogP contribution >= 0.6 is 0 Å². The lowest BCUT2D eigenvalue weighted by molar-refractivity contribution is -0.118. The number of phenols is 1. The molecule has 4 aromatic rings. The number of fused-ring (bicyclic) bond motifs is 1. The van der Waals surface area contributed by atoms with E-state index in [1.54, 1.807) is 24.3 Å². The minimum Gasteiger partial charge on any atom is -0.507 e. The highest BCUT2D eigenvalue weighted by Crippen LogP contribution is 2.33. The summed E-state index contributed by atoms with van der Waals surface area (Å²) in [5.41, 5.74) is 2.25. The van der Waals surface area contributed by atoms with E-state index in [1.165, 1.54) is 6.07 Å². The Morgan fingerprint density at radius 1 is 1.04 bits per heavy atom. The molecule has 6 nitrogen and oxygen atoms in total. The molecular formula is C21H16N2O4. The Labute approximate surface area is 155 Å². The predicted molar refractivity (Wildman–Crippen MR) is 102 cm³/mol. The quantitative estimate of drug-likeness (QED) is 0.557. The van der Waals surface area contributed by atoms with Gasteiger partial charge in [-0.25, -0.2) is 4.98 Å². The van der Waals surface area contributed by atoms with Crippen molar-refractivity contribution in [3.05, 3.63) is 72.8 Å². The monoisotopic (exact) mass is 360 g/mol. The van der Waals surface area contributed by atoms with Crippen molar-refractivity contribution in [3.63, 3.8) is 0 Å². The van der Waals surface area contributed by atoms with Gasteiger partial charge < -0.3 is 19.6 Å². The van der Waals surface area contributed by atoms with Gasteiger partial charge in [0.25, 0.3) is 5.91 Å². The second kappa shape index (κ2) is 7.21. The highest BCUT2D eigenvalue weighted by atomic mass is 16.5. The molecule has 0 unspecified atom stereocenters. The van der Waals surface area contributed by atoms with E-state index in [0.29, 0.717) is 34.0 Å². The number of rotatable bonds is 5. The minimum absolute atomic E-state index is 0.0386. The molecule has 0 atom stereocenters. The highest BCUT2D eigenvalue weighted by molar-refractivity contribution is 5.92. The lowest BCUT2D eigenvalue weighted by atomic mass is 10.2. The molecule has 0 aliphatic rings. The molecule has 0 spiro atoms. The van der Waals surface area contributed by atoms with Crippen molar-refractivity contribution in [1.82, 2.24) is 4.98 Å². The first-order valence-corrected chi connectivity index (χ1v) is 8.36. The second-order valence-electron chi connectivity index (χ2n) is 5.87. The first kappa shape index (κ1) is 16.7. The van der Waals surface area contributed by atoms with Gasteiger partial charge in [0, 0.05) is 11.8 Å². The van der Waals surface area contributed by atoms with Gasteiger partial charge in [-0.2, -0.15) is 0 Å². The van der Waals surface area contributed by atoms with Crippen LogP contribution < -0.4 is 10.1 Å². The van der Waals surface area contributed by atoms with E-state index in [4.69, 9.17) is 9.15 Å². The van der Waals surface area contributed by atoms with E-state index in [9.17, 15) is 9.90 Å². The van der Waals surface area contributed by atoms with E-state index >= 15 is 0 Å². The van der Waals surface area contributed by atoms with Crippen LogP contribution in [-0.4, -0.2) is 22.6 Å². The van der Waals surface area contributed by atoms with Crippen molar-refractivity contribution in [2.45, 2.75) is 0 Å². The maximum Gasteiger partial charge on any atom is 0.262 e. The van der Waals surface area contributed by atoms with Crippen molar-refractivity contribution in [2.24, 2.45) is 0 Å². The number of phenolic OH excluding ortho intramolecular Hbond substituents is 1. The third-order valence-electron chi connectivity index (χ3n) is 3.92. The van der Waals surface area contributed by atoms with Crippen molar-refractivity contribution < 1.29 is 19.1 Å². The Balaban J connectivity index is 1.45. The third kappa shape index (κ3) is 3.74. The van der Waals surface area contributed by atoms with E-state index in [2.05, 4.69) is 10.3 Å². The van der Waals surface area contributed by atoms with Gasteiger partial charge in [-0.3, -0.25) is 4.79 Å². The van der Waals surface area contributed by atoms with Gasteiger partial charge in [0.15, 0.2) is 12.2 Å². The molecule has 2 N–H and O–H groups in total. The van der Waals surface area contributed by atoms with Crippen LogP contribution in [0.2, 0.25) is 0 Å². The summed E-state index contributed by atoms with van der Waals surface area (Å²) >= 11 is 0. The number of carbonyl (C=O) groups excluding carboxylic acids is 1. The zero-order valence-corrected chi connectivity index (χ0v) is 14.3. The van der Waals surface area contributed by atoms with Gasteiger partial charge >= 0.3 is 0 Å². The Bertz CT molecular complexity index is 1060. The number of nitrogens with zero attached hydrogens (tertiary/aromatic N) is 1. The van der Waals surface area contributed by atoms with Crippen LogP contribution in [0.1, 0.15) is 0 Å². The topological polar surface area (TPSA) is 84.6 Å². The number of hydrogen-bond donors (Lipinski definition) is 2. The van der Waals surface area contributed by atoms with Gasteiger partial charge in [-0.05, 0) is 36.4 Å². The Morgan fingerprint density at radius 2 is 1.81 bits per heavy atom. The van der Waals surface area contributed by atoms with Crippen molar-refractivity contribution >= 4 is 22.7 Å².